The Hall–Kier alpha value is -3.01. The molecule has 0 bridgehead atoms. The molecule has 0 spiro atoms. The predicted octanol–water partition coefficient (Wildman–Crippen LogP) is 6.14. The van der Waals surface area contributed by atoms with Gasteiger partial charge in [0.05, 0.1) is 12.1 Å². The van der Waals surface area contributed by atoms with Gasteiger partial charge >= 0.3 is 6.09 Å². The molecule has 4 rings (SSSR count). The van der Waals surface area contributed by atoms with Crippen LogP contribution in [0.2, 0.25) is 18.1 Å². The van der Waals surface area contributed by atoms with Crippen LogP contribution in [0.5, 0.6) is 0 Å². The highest BCUT2D eigenvalue weighted by molar-refractivity contribution is 6.74. The van der Waals surface area contributed by atoms with Crippen LogP contribution in [-0.2, 0) is 15.8 Å². The summed E-state index contributed by atoms with van der Waals surface area (Å²) < 4.78 is 17.4. The molecule has 1 saturated heterocycles. The molecular formula is C29H40N4O4Si. The molecule has 1 aliphatic heterocycles. The van der Waals surface area contributed by atoms with Crippen LogP contribution in [0.3, 0.4) is 0 Å². The van der Waals surface area contributed by atoms with Crippen LogP contribution < -0.4 is 0 Å². The van der Waals surface area contributed by atoms with E-state index in [4.69, 9.17) is 13.7 Å². The number of nitrogens with zero attached hydrogens (tertiary/aromatic N) is 4. The maximum absolute atomic E-state index is 13.2. The van der Waals surface area contributed by atoms with E-state index in [1.807, 2.05) is 54.6 Å². The Morgan fingerprint density at radius 1 is 1.18 bits per heavy atom. The first-order valence-corrected chi connectivity index (χ1v) is 16.1. The number of aromatic nitrogens is 2. The average Bonchev–Trinajstić information content (AvgIpc) is 3.58. The number of hydrogen-bond acceptors (Lipinski definition) is 7. The van der Waals surface area contributed by atoms with E-state index in [0.29, 0.717) is 12.4 Å². The van der Waals surface area contributed by atoms with Crippen LogP contribution >= 0.6 is 0 Å². The minimum atomic E-state index is -1.86. The summed E-state index contributed by atoms with van der Waals surface area (Å²) in [5.41, 5.74) is 2.78. The predicted molar refractivity (Wildman–Crippen MR) is 150 cm³/mol. The zero-order valence-corrected chi connectivity index (χ0v) is 24.4. The Morgan fingerprint density at radius 2 is 1.95 bits per heavy atom. The lowest BCUT2D eigenvalue weighted by molar-refractivity contribution is 0.0819. The Morgan fingerprint density at radius 3 is 2.63 bits per heavy atom. The number of carbonyl (C=O) groups is 1. The van der Waals surface area contributed by atoms with Crippen LogP contribution in [0.4, 0.5) is 4.79 Å². The van der Waals surface area contributed by atoms with E-state index >= 15 is 0 Å². The molecule has 0 N–H and O–H groups in total. The first-order valence-electron chi connectivity index (χ1n) is 13.2. The zero-order valence-electron chi connectivity index (χ0n) is 23.4. The summed E-state index contributed by atoms with van der Waals surface area (Å²) in [7, 11) is -0.0541. The minimum absolute atomic E-state index is 0.168. The SMILES string of the molecule is CN(C(=O)OCc1ccccc1)C(CN1CC[C@H](O[Si](C)(C)C(C)(C)C)C1)c1cccc(-c2ncon2)c1. The van der Waals surface area contributed by atoms with Crippen molar-refractivity contribution in [2.75, 3.05) is 26.7 Å². The summed E-state index contributed by atoms with van der Waals surface area (Å²) in [6.45, 7) is 14.1. The summed E-state index contributed by atoms with van der Waals surface area (Å²) in [5.74, 6) is 0.518. The fourth-order valence-corrected chi connectivity index (χ4v) is 5.86. The van der Waals surface area contributed by atoms with Gasteiger partial charge in [-0.25, -0.2) is 4.79 Å². The Bertz CT molecular complexity index is 1180. The summed E-state index contributed by atoms with van der Waals surface area (Å²) >= 11 is 0. The van der Waals surface area contributed by atoms with E-state index in [2.05, 4.69) is 48.9 Å². The van der Waals surface area contributed by atoms with Gasteiger partial charge < -0.3 is 18.6 Å². The number of carbonyl (C=O) groups excluding carboxylic acids is 1. The van der Waals surface area contributed by atoms with Crippen LogP contribution in [0.15, 0.2) is 65.5 Å². The zero-order chi connectivity index (χ0) is 27.3. The Kier molecular flexibility index (Phi) is 8.70. The smallest absolute Gasteiger partial charge is 0.410 e. The maximum atomic E-state index is 13.2. The van der Waals surface area contributed by atoms with Crippen LogP contribution in [0, 0.1) is 0 Å². The normalized spacial score (nSPS) is 17.4. The van der Waals surface area contributed by atoms with E-state index in [-0.39, 0.29) is 29.9 Å². The van der Waals surface area contributed by atoms with Crippen molar-refractivity contribution in [3.8, 4) is 11.4 Å². The molecule has 8 nitrogen and oxygen atoms in total. The summed E-state index contributed by atoms with van der Waals surface area (Å²) in [5, 5.41) is 4.15. The molecule has 1 amide bonds. The molecule has 3 aromatic rings. The molecule has 0 radical (unpaired) electrons. The van der Waals surface area contributed by atoms with E-state index in [1.54, 1.807) is 11.9 Å². The highest BCUT2D eigenvalue weighted by Gasteiger charge is 2.41. The molecule has 1 aliphatic rings. The third-order valence-corrected chi connectivity index (χ3v) is 12.3. The van der Waals surface area contributed by atoms with Gasteiger partial charge in [-0.3, -0.25) is 4.90 Å². The Balaban J connectivity index is 1.50. The van der Waals surface area contributed by atoms with Crippen molar-refractivity contribution in [3.05, 3.63) is 72.1 Å². The van der Waals surface area contributed by atoms with Gasteiger partial charge in [-0.2, -0.15) is 4.98 Å². The third kappa shape index (κ3) is 6.89. The largest absolute Gasteiger partial charge is 0.445 e. The highest BCUT2D eigenvalue weighted by atomic mass is 28.4. The third-order valence-electron chi connectivity index (χ3n) is 7.78. The molecule has 1 fully saturated rings. The van der Waals surface area contributed by atoms with Crippen LogP contribution in [-0.4, -0.2) is 67.1 Å². The van der Waals surface area contributed by atoms with Crippen molar-refractivity contribution in [2.24, 2.45) is 0 Å². The van der Waals surface area contributed by atoms with Crippen molar-refractivity contribution in [1.29, 1.82) is 0 Å². The quantitative estimate of drug-likeness (QED) is 0.304. The molecule has 2 atom stereocenters. The van der Waals surface area contributed by atoms with Gasteiger partial charge in [0.1, 0.15) is 6.61 Å². The van der Waals surface area contributed by atoms with Crippen LogP contribution in [0.25, 0.3) is 11.4 Å². The second-order valence-corrected chi connectivity index (χ2v) is 16.4. The molecule has 2 aromatic carbocycles. The minimum Gasteiger partial charge on any atom is -0.445 e. The van der Waals surface area contributed by atoms with Crippen LogP contribution in [0.1, 0.15) is 44.4 Å². The first-order chi connectivity index (χ1) is 18.0. The number of ether oxygens (including phenoxy) is 1. The molecule has 1 unspecified atom stereocenters. The van der Waals surface area contributed by atoms with Crippen molar-refractivity contribution in [3.63, 3.8) is 0 Å². The van der Waals surface area contributed by atoms with Gasteiger partial charge in [0.25, 0.3) is 0 Å². The Labute approximate surface area is 227 Å². The summed E-state index contributed by atoms with van der Waals surface area (Å²) in [6, 6.07) is 17.5. The molecule has 0 saturated carbocycles. The number of rotatable bonds is 9. The van der Waals surface area contributed by atoms with Gasteiger partial charge in [-0.05, 0) is 41.7 Å². The van der Waals surface area contributed by atoms with Gasteiger partial charge in [0.15, 0.2) is 8.32 Å². The standard InChI is InChI=1S/C29H40N4O4Si/c1-29(2,3)38(5,6)37-25-15-16-33(18-25)19-26(23-13-10-14-24(17-23)27-30-21-36-31-27)32(4)28(34)35-20-22-11-8-7-9-12-22/h7-14,17,21,25-26H,15-16,18-20H2,1-6H3/t25-,26?/m0/s1. The molecular weight excluding hydrogens is 496 g/mol. The fourth-order valence-electron chi connectivity index (χ4n) is 4.48. The summed E-state index contributed by atoms with van der Waals surface area (Å²) in [6.07, 6.45) is 2.15. The van der Waals surface area contributed by atoms with E-state index in [1.165, 1.54) is 6.39 Å². The lowest BCUT2D eigenvalue weighted by Crippen LogP contribution is -2.45. The van der Waals surface area contributed by atoms with E-state index < -0.39 is 8.32 Å². The summed E-state index contributed by atoms with van der Waals surface area (Å²) in [4.78, 5) is 21.5. The lowest BCUT2D eigenvalue weighted by Gasteiger charge is -2.38. The highest BCUT2D eigenvalue weighted by Crippen LogP contribution is 2.38. The number of benzene rings is 2. The maximum Gasteiger partial charge on any atom is 0.410 e. The molecule has 204 valence electrons. The number of likely N-dealkylation sites (tertiary alicyclic amines) is 1. The first kappa shape index (κ1) is 28.0. The van der Waals surface area contributed by atoms with E-state index in [9.17, 15) is 4.79 Å². The second kappa shape index (κ2) is 11.8. The number of amides is 1. The van der Waals surface area contributed by atoms with Crippen molar-refractivity contribution in [1.82, 2.24) is 19.9 Å². The van der Waals surface area contributed by atoms with Gasteiger partial charge in [0, 0.05) is 32.2 Å². The van der Waals surface area contributed by atoms with Gasteiger partial charge in [-0.1, -0.05) is 74.5 Å². The number of hydrogen-bond donors (Lipinski definition) is 0. The number of likely N-dealkylation sites (N-methyl/N-ethyl adjacent to an activating group) is 1. The van der Waals surface area contributed by atoms with Gasteiger partial charge in [0.2, 0.25) is 12.2 Å². The van der Waals surface area contributed by atoms with Crippen molar-refractivity contribution < 1.29 is 18.5 Å². The molecule has 1 aromatic heterocycles. The molecule has 0 aliphatic carbocycles. The monoisotopic (exact) mass is 536 g/mol. The van der Waals surface area contributed by atoms with Crippen molar-refractivity contribution >= 4 is 14.4 Å². The molecule has 38 heavy (non-hydrogen) atoms. The second-order valence-electron chi connectivity index (χ2n) is 11.6. The average molecular weight is 537 g/mol. The lowest BCUT2D eigenvalue weighted by atomic mass is 10.0. The van der Waals surface area contributed by atoms with Crippen molar-refractivity contribution in [2.45, 2.75) is 64.1 Å². The van der Waals surface area contributed by atoms with Gasteiger partial charge in [-0.15, -0.1) is 0 Å². The fraction of sp³-hybridized carbons (Fsp3) is 0.483. The topological polar surface area (TPSA) is 80.9 Å². The van der Waals surface area contributed by atoms with E-state index in [0.717, 1.165) is 36.2 Å². The molecule has 9 heteroatoms. The molecule has 2 heterocycles.